The summed E-state index contributed by atoms with van der Waals surface area (Å²) in [7, 11) is 1.75. The number of ether oxygens (including phenoxy) is 1. The van der Waals surface area contributed by atoms with Gasteiger partial charge in [0.25, 0.3) is 5.91 Å². The number of hydrogen-bond acceptors (Lipinski definition) is 5. The van der Waals surface area contributed by atoms with E-state index in [1.54, 1.807) is 18.1 Å². The number of amides is 1. The molecule has 98 valence electrons. The molecule has 0 saturated carbocycles. The molecular formula is C12H18N4O2. The molecule has 0 spiro atoms. The Bertz CT molecular complexity index is 428. The van der Waals surface area contributed by atoms with Crippen LogP contribution in [0.5, 0.6) is 0 Å². The Morgan fingerprint density at radius 1 is 1.39 bits per heavy atom. The second-order valence-corrected chi connectivity index (χ2v) is 4.51. The summed E-state index contributed by atoms with van der Waals surface area (Å²) in [5, 5.41) is 2.87. The Kier molecular flexibility index (Phi) is 3.76. The van der Waals surface area contributed by atoms with Crippen molar-refractivity contribution in [2.24, 2.45) is 0 Å². The number of carbonyl (C=O) groups excluding carboxylic acids is 1. The molecule has 1 aliphatic heterocycles. The van der Waals surface area contributed by atoms with Crippen molar-refractivity contribution in [1.29, 1.82) is 0 Å². The van der Waals surface area contributed by atoms with E-state index >= 15 is 0 Å². The number of carbonyl (C=O) groups is 1. The minimum atomic E-state index is -0.0957. The van der Waals surface area contributed by atoms with Crippen molar-refractivity contribution in [3.05, 3.63) is 18.1 Å². The van der Waals surface area contributed by atoms with Crippen LogP contribution in [0.3, 0.4) is 0 Å². The number of morpholine rings is 1. The van der Waals surface area contributed by atoms with Crippen molar-refractivity contribution in [2.75, 3.05) is 25.5 Å². The Hall–Kier alpha value is -1.69. The fourth-order valence-electron chi connectivity index (χ4n) is 2.10. The highest BCUT2D eigenvalue weighted by atomic mass is 16.5. The van der Waals surface area contributed by atoms with Crippen molar-refractivity contribution < 1.29 is 9.53 Å². The van der Waals surface area contributed by atoms with Crippen LogP contribution in [0.15, 0.2) is 12.4 Å². The van der Waals surface area contributed by atoms with E-state index in [1.165, 1.54) is 6.20 Å². The second-order valence-electron chi connectivity index (χ2n) is 4.51. The normalized spacial score (nSPS) is 23.8. The van der Waals surface area contributed by atoms with Crippen molar-refractivity contribution in [1.82, 2.24) is 14.9 Å². The van der Waals surface area contributed by atoms with E-state index in [1.807, 2.05) is 13.8 Å². The summed E-state index contributed by atoms with van der Waals surface area (Å²) < 4.78 is 5.61. The molecule has 6 heteroatoms. The lowest BCUT2D eigenvalue weighted by Crippen LogP contribution is -2.48. The summed E-state index contributed by atoms with van der Waals surface area (Å²) in [6, 6.07) is 0. The number of hydrogen-bond donors (Lipinski definition) is 1. The molecule has 0 bridgehead atoms. The molecule has 1 N–H and O–H groups in total. The van der Waals surface area contributed by atoms with Gasteiger partial charge in [0.05, 0.1) is 24.6 Å². The monoisotopic (exact) mass is 250 g/mol. The number of nitrogens with one attached hydrogen (secondary N) is 1. The first-order valence-electron chi connectivity index (χ1n) is 6.04. The van der Waals surface area contributed by atoms with Crippen LogP contribution in [0.2, 0.25) is 0 Å². The summed E-state index contributed by atoms with van der Waals surface area (Å²) in [6.45, 7) is 5.11. The van der Waals surface area contributed by atoms with Crippen LogP contribution in [0.1, 0.15) is 24.3 Å². The molecule has 2 atom stereocenters. The number of anilines is 1. The molecule has 1 fully saturated rings. The Morgan fingerprint density at radius 3 is 2.67 bits per heavy atom. The van der Waals surface area contributed by atoms with E-state index in [9.17, 15) is 4.79 Å². The fourth-order valence-corrected chi connectivity index (χ4v) is 2.10. The van der Waals surface area contributed by atoms with E-state index < -0.39 is 0 Å². The fraction of sp³-hybridized carbons (Fsp3) is 0.583. The third-order valence-electron chi connectivity index (χ3n) is 2.82. The summed E-state index contributed by atoms with van der Waals surface area (Å²) in [4.78, 5) is 22.3. The maximum absolute atomic E-state index is 12.3. The van der Waals surface area contributed by atoms with E-state index in [0.717, 1.165) is 0 Å². The van der Waals surface area contributed by atoms with Gasteiger partial charge in [-0.1, -0.05) is 0 Å². The highest BCUT2D eigenvalue weighted by Crippen LogP contribution is 2.13. The summed E-state index contributed by atoms with van der Waals surface area (Å²) in [5.74, 6) is 0.497. The van der Waals surface area contributed by atoms with Gasteiger partial charge in [0.1, 0.15) is 11.5 Å². The van der Waals surface area contributed by atoms with Crippen molar-refractivity contribution in [3.8, 4) is 0 Å². The number of nitrogens with zero attached hydrogens (tertiary/aromatic N) is 3. The summed E-state index contributed by atoms with van der Waals surface area (Å²) in [5.41, 5.74) is 0.364. The standard InChI is InChI=1S/C12H18N4O2/c1-8-6-16(7-9(2)18-8)12(17)10-4-14-5-11(13-3)15-10/h4-5,8-9H,6-7H2,1-3H3,(H,13,15)/t8-,9+. The van der Waals surface area contributed by atoms with Crippen LogP contribution in [-0.2, 0) is 4.74 Å². The average molecular weight is 250 g/mol. The molecule has 0 unspecified atom stereocenters. The largest absolute Gasteiger partial charge is 0.372 e. The molecule has 0 aliphatic carbocycles. The van der Waals surface area contributed by atoms with Crippen LogP contribution >= 0.6 is 0 Å². The van der Waals surface area contributed by atoms with Gasteiger partial charge in [-0.25, -0.2) is 4.98 Å². The van der Waals surface area contributed by atoms with Crippen LogP contribution in [-0.4, -0.2) is 53.1 Å². The molecule has 0 radical (unpaired) electrons. The van der Waals surface area contributed by atoms with Crippen LogP contribution in [0.25, 0.3) is 0 Å². The minimum absolute atomic E-state index is 0.0538. The Balaban J connectivity index is 2.14. The SMILES string of the molecule is CNc1cncc(C(=O)N2C[C@@H](C)O[C@@H](C)C2)n1. The van der Waals surface area contributed by atoms with Crippen LogP contribution in [0.4, 0.5) is 5.82 Å². The zero-order valence-corrected chi connectivity index (χ0v) is 10.9. The molecule has 1 aromatic rings. The van der Waals surface area contributed by atoms with Gasteiger partial charge in [0, 0.05) is 20.1 Å². The van der Waals surface area contributed by atoms with Gasteiger partial charge in [0.15, 0.2) is 0 Å². The maximum atomic E-state index is 12.3. The van der Waals surface area contributed by atoms with E-state index in [4.69, 9.17) is 4.74 Å². The maximum Gasteiger partial charge on any atom is 0.274 e. The molecular weight excluding hydrogens is 232 g/mol. The predicted octanol–water partition coefficient (Wildman–Crippen LogP) is 0.768. The van der Waals surface area contributed by atoms with Crippen LogP contribution in [0, 0.1) is 0 Å². The number of rotatable bonds is 2. The highest BCUT2D eigenvalue weighted by molar-refractivity contribution is 5.92. The summed E-state index contributed by atoms with van der Waals surface area (Å²) >= 11 is 0. The van der Waals surface area contributed by atoms with Gasteiger partial charge in [-0.3, -0.25) is 9.78 Å². The quantitative estimate of drug-likeness (QED) is 0.839. The lowest BCUT2D eigenvalue weighted by atomic mass is 10.2. The van der Waals surface area contributed by atoms with Crippen molar-refractivity contribution >= 4 is 11.7 Å². The topological polar surface area (TPSA) is 67.4 Å². The van der Waals surface area contributed by atoms with E-state index in [0.29, 0.717) is 24.6 Å². The Labute approximate surface area is 106 Å². The first kappa shape index (κ1) is 12.8. The molecule has 18 heavy (non-hydrogen) atoms. The van der Waals surface area contributed by atoms with Gasteiger partial charge >= 0.3 is 0 Å². The number of aromatic nitrogens is 2. The molecule has 0 aromatic carbocycles. The van der Waals surface area contributed by atoms with E-state index in [-0.39, 0.29) is 18.1 Å². The van der Waals surface area contributed by atoms with Gasteiger partial charge in [0.2, 0.25) is 0 Å². The lowest BCUT2D eigenvalue weighted by molar-refractivity contribution is -0.0587. The van der Waals surface area contributed by atoms with Crippen LogP contribution < -0.4 is 5.32 Å². The van der Waals surface area contributed by atoms with Crippen molar-refractivity contribution in [2.45, 2.75) is 26.1 Å². The third-order valence-corrected chi connectivity index (χ3v) is 2.82. The molecule has 1 aliphatic rings. The molecule has 1 saturated heterocycles. The minimum Gasteiger partial charge on any atom is -0.372 e. The molecule has 2 heterocycles. The third kappa shape index (κ3) is 2.76. The van der Waals surface area contributed by atoms with Gasteiger partial charge in [-0.15, -0.1) is 0 Å². The average Bonchev–Trinajstić information content (AvgIpc) is 2.37. The van der Waals surface area contributed by atoms with Gasteiger partial charge in [-0.2, -0.15) is 0 Å². The zero-order valence-electron chi connectivity index (χ0n) is 10.9. The second kappa shape index (κ2) is 5.30. The molecule has 6 nitrogen and oxygen atoms in total. The molecule has 2 rings (SSSR count). The molecule has 1 amide bonds. The summed E-state index contributed by atoms with van der Waals surface area (Å²) in [6.07, 6.45) is 3.19. The first-order valence-corrected chi connectivity index (χ1v) is 6.04. The van der Waals surface area contributed by atoms with E-state index in [2.05, 4.69) is 15.3 Å². The molecule has 1 aromatic heterocycles. The van der Waals surface area contributed by atoms with Gasteiger partial charge < -0.3 is 15.0 Å². The smallest absolute Gasteiger partial charge is 0.274 e. The predicted molar refractivity (Wildman–Crippen MR) is 67.5 cm³/mol. The van der Waals surface area contributed by atoms with Crippen molar-refractivity contribution in [3.63, 3.8) is 0 Å². The lowest BCUT2D eigenvalue weighted by Gasteiger charge is -2.35. The Morgan fingerprint density at radius 2 is 2.06 bits per heavy atom. The zero-order chi connectivity index (χ0) is 13.1. The van der Waals surface area contributed by atoms with Gasteiger partial charge in [-0.05, 0) is 13.8 Å². The first-order chi connectivity index (χ1) is 8.60. The highest BCUT2D eigenvalue weighted by Gasteiger charge is 2.27.